The predicted molar refractivity (Wildman–Crippen MR) is 57.6 cm³/mol. The van der Waals surface area contributed by atoms with E-state index in [0.717, 1.165) is 21.1 Å². The third-order valence-corrected chi connectivity index (χ3v) is 3.52. The Kier molecular flexibility index (Phi) is 2.08. The summed E-state index contributed by atoms with van der Waals surface area (Å²) in [5.74, 6) is 0. The minimum Gasteiger partial charge on any atom is -0.364 e. The van der Waals surface area contributed by atoms with Gasteiger partial charge in [-0.05, 0) is 11.5 Å². The monoisotopic (exact) mass is 234 g/mol. The van der Waals surface area contributed by atoms with Crippen LogP contribution in [0, 0.1) is 6.20 Å². The van der Waals surface area contributed by atoms with Gasteiger partial charge in [0.25, 0.3) is 0 Å². The topological polar surface area (TPSA) is 51.8 Å². The van der Waals surface area contributed by atoms with Crippen LogP contribution in [0.25, 0.3) is 21.1 Å². The molecule has 0 aliphatic rings. The highest BCUT2D eigenvalue weighted by atomic mass is 32.1. The molecule has 0 unspecified atom stereocenters. The first-order valence-corrected chi connectivity index (χ1v) is 5.78. The number of nitrogens with zero attached hydrogens (tertiary/aromatic N) is 3. The number of hydrogen-bond donors (Lipinski definition) is 0. The molecule has 0 atom stereocenters. The summed E-state index contributed by atoms with van der Waals surface area (Å²) in [6.45, 7) is 0. The fraction of sp³-hybridized carbons (Fsp3) is 0. The van der Waals surface area contributed by atoms with Gasteiger partial charge < -0.3 is 4.52 Å². The summed E-state index contributed by atoms with van der Waals surface area (Å²) in [7, 11) is 0. The lowest BCUT2D eigenvalue weighted by atomic mass is 10.2. The molecule has 0 fully saturated rings. The van der Waals surface area contributed by atoms with Crippen molar-refractivity contribution in [3.8, 4) is 21.1 Å². The van der Waals surface area contributed by atoms with E-state index in [1.54, 1.807) is 23.6 Å². The zero-order valence-electron chi connectivity index (χ0n) is 7.38. The number of hydrogen-bond acceptors (Lipinski definition) is 6. The second-order valence-electron chi connectivity index (χ2n) is 2.72. The van der Waals surface area contributed by atoms with Crippen molar-refractivity contribution in [2.75, 3.05) is 0 Å². The number of rotatable bonds is 2. The predicted octanol–water partition coefficient (Wildman–Crippen LogP) is 2.72. The first kappa shape index (κ1) is 8.75. The fourth-order valence-electron chi connectivity index (χ4n) is 1.21. The summed E-state index contributed by atoms with van der Waals surface area (Å²) >= 11 is 2.94. The van der Waals surface area contributed by atoms with E-state index in [2.05, 4.69) is 20.7 Å². The molecule has 0 amide bonds. The van der Waals surface area contributed by atoms with Gasteiger partial charge in [0.15, 0.2) is 0 Å². The fourth-order valence-corrected chi connectivity index (χ4v) is 2.65. The van der Waals surface area contributed by atoms with Crippen molar-refractivity contribution < 1.29 is 4.52 Å². The molecule has 3 rings (SSSR count). The maximum absolute atomic E-state index is 4.80. The second-order valence-corrected chi connectivity index (χ2v) is 4.39. The van der Waals surface area contributed by atoms with Gasteiger partial charge >= 0.3 is 0 Å². The Hall–Kier alpha value is -1.53. The van der Waals surface area contributed by atoms with Gasteiger partial charge in [0.2, 0.25) is 0 Å². The molecule has 4 nitrogen and oxygen atoms in total. The molecule has 0 N–H and O–H groups in total. The molecular formula is C9H4N3OS2. The van der Waals surface area contributed by atoms with Gasteiger partial charge in [0, 0.05) is 17.6 Å². The van der Waals surface area contributed by atoms with Crippen molar-refractivity contribution in [3.05, 3.63) is 30.1 Å². The molecule has 6 heteroatoms. The van der Waals surface area contributed by atoms with Gasteiger partial charge in [-0.3, -0.25) is 0 Å². The van der Waals surface area contributed by atoms with Crippen LogP contribution in [0.5, 0.6) is 0 Å². The van der Waals surface area contributed by atoms with Crippen molar-refractivity contribution >= 4 is 22.9 Å². The lowest BCUT2D eigenvalue weighted by molar-refractivity contribution is 0.422. The van der Waals surface area contributed by atoms with Crippen molar-refractivity contribution in [1.82, 2.24) is 14.5 Å². The maximum atomic E-state index is 4.80. The summed E-state index contributed by atoms with van der Waals surface area (Å²) in [6.07, 6.45) is 6.21. The van der Waals surface area contributed by atoms with E-state index in [9.17, 15) is 0 Å². The molecule has 3 aromatic heterocycles. The van der Waals surface area contributed by atoms with Gasteiger partial charge in [-0.25, -0.2) is 4.98 Å². The molecule has 0 saturated heterocycles. The minimum atomic E-state index is 0.744. The Labute approximate surface area is 93.4 Å². The molecular weight excluding hydrogens is 230 g/mol. The summed E-state index contributed by atoms with van der Waals surface area (Å²) in [5.41, 5.74) is 1.60. The van der Waals surface area contributed by atoms with Crippen LogP contribution in [0.4, 0.5) is 0 Å². The molecule has 3 heterocycles. The van der Waals surface area contributed by atoms with Crippen molar-refractivity contribution in [2.45, 2.75) is 0 Å². The highest BCUT2D eigenvalue weighted by Gasteiger charge is 2.14. The van der Waals surface area contributed by atoms with Crippen LogP contribution in [0.2, 0.25) is 0 Å². The first-order chi connectivity index (χ1) is 7.45. The van der Waals surface area contributed by atoms with Crippen molar-refractivity contribution in [3.63, 3.8) is 0 Å². The van der Waals surface area contributed by atoms with Crippen LogP contribution in [-0.2, 0) is 0 Å². The molecule has 0 aromatic carbocycles. The van der Waals surface area contributed by atoms with E-state index in [1.165, 1.54) is 17.8 Å². The standard InChI is InChI=1S/C9H4N3OS2/c1-3-13-12-7(1)6-5-11-15-8(6)9-10-2-4-14-9/h1-4H. The van der Waals surface area contributed by atoms with Crippen molar-refractivity contribution in [2.24, 2.45) is 0 Å². The van der Waals surface area contributed by atoms with Crippen LogP contribution in [0.15, 0.2) is 28.4 Å². The Morgan fingerprint density at radius 1 is 1.40 bits per heavy atom. The number of aromatic nitrogens is 3. The molecule has 3 aromatic rings. The lowest BCUT2D eigenvalue weighted by Crippen LogP contribution is -1.77. The van der Waals surface area contributed by atoms with Crippen LogP contribution in [0.3, 0.4) is 0 Å². The minimum absolute atomic E-state index is 0.744. The third-order valence-electron chi connectivity index (χ3n) is 1.84. The van der Waals surface area contributed by atoms with Gasteiger partial charge in [-0.1, -0.05) is 5.16 Å². The summed E-state index contributed by atoms with van der Waals surface area (Å²) in [4.78, 5) is 5.22. The van der Waals surface area contributed by atoms with E-state index in [0.29, 0.717) is 0 Å². The normalized spacial score (nSPS) is 10.7. The van der Waals surface area contributed by atoms with Crippen LogP contribution in [-0.4, -0.2) is 14.5 Å². The highest BCUT2D eigenvalue weighted by molar-refractivity contribution is 7.18. The molecule has 0 aliphatic carbocycles. The molecule has 0 aliphatic heterocycles. The van der Waals surface area contributed by atoms with Crippen molar-refractivity contribution in [1.29, 1.82) is 0 Å². The Morgan fingerprint density at radius 2 is 2.40 bits per heavy atom. The van der Waals surface area contributed by atoms with Gasteiger partial charge in [-0.15, -0.1) is 11.3 Å². The summed E-state index contributed by atoms with van der Waals surface area (Å²) in [6, 6.07) is 1.79. The van der Waals surface area contributed by atoms with E-state index >= 15 is 0 Å². The third kappa shape index (κ3) is 1.47. The van der Waals surface area contributed by atoms with E-state index in [4.69, 9.17) is 4.52 Å². The van der Waals surface area contributed by atoms with Crippen LogP contribution < -0.4 is 0 Å². The Bertz CT molecular complexity index is 493. The quantitative estimate of drug-likeness (QED) is 0.684. The van der Waals surface area contributed by atoms with E-state index < -0.39 is 0 Å². The summed E-state index contributed by atoms with van der Waals surface area (Å²) < 4.78 is 8.84. The Balaban J connectivity index is 2.15. The molecule has 15 heavy (non-hydrogen) atoms. The Morgan fingerprint density at radius 3 is 3.13 bits per heavy atom. The second kappa shape index (κ2) is 3.56. The smallest absolute Gasteiger partial charge is 0.135 e. The average molecular weight is 234 g/mol. The first-order valence-electron chi connectivity index (χ1n) is 4.13. The molecule has 0 saturated carbocycles. The average Bonchev–Trinajstić information content (AvgIpc) is 3.01. The zero-order chi connectivity index (χ0) is 10.1. The lowest BCUT2D eigenvalue weighted by Gasteiger charge is -1.92. The van der Waals surface area contributed by atoms with Crippen LogP contribution >= 0.6 is 22.9 Å². The largest absolute Gasteiger partial charge is 0.364 e. The van der Waals surface area contributed by atoms with Gasteiger partial charge in [0.1, 0.15) is 23.2 Å². The maximum Gasteiger partial charge on any atom is 0.135 e. The van der Waals surface area contributed by atoms with E-state index in [-0.39, 0.29) is 0 Å². The van der Waals surface area contributed by atoms with Crippen LogP contribution in [0.1, 0.15) is 0 Å². The van der Waals surface area contributed by atoms with Gasteiger partial charge in [0.05, 0.1) is 10.4 Å². The molecule has 1 radical (unpaired) electrons. The SMILES string of the molecule is [c]1nsc(-c2nccs2)c1-c1ccon1. The molecule has 0 spiro atoms. The van der Waals surface area contributed by atoms with E-state index in [1.807, 2.05) is 5.38 Å². The number of thiazole rings is 1. The van der Waals surface area contributed by atoms with Gasteiger partial charge in [-0.2, -0.15) is 4.37 Å². The highest BCUT2D eigenvalue weighted by Crippen LogP contribution is 2.34. The summed E-state index contributed by atoms with van der Waals surface area (Å²) in [5, 5.41) is 6.74. The molecule has 73 valence electrons. The zero-order valence-corrected chi connectivity index (χ0v) is 9.01. The molecule has 0 bridgehead atoms.